The van der Waals surface area contributed by atoms with Gasteiger partial charge in [-0.1, -0.05) is 10.2 Å². The van der Waals surface area contributed by atoms with Crippen LogP contribution in [0.4, 0.5) is 0 Å². The molecular weight excluding hydrogens is 612 g/mol. The molecule has 8 nitrogen and oxygen atoms in total. The Morgan fingerprint density at radius 1 is 0.600 bits per heavy atom. The van der Waals surface area contributed by atoms with Crippen molar-refractivity contribution in [2.45, 2.75) is 0 Å². The Hall–Kier alpha value is 1.03. The summed E-state index contributed by atoms with van der Waals surface area (Å²) in [5.41, 5.74) is 23.7. The van der Waals surface area contributed by atoms with Crippen LogP contribution in [0.2, 0.25) is 0 Å². The third kappa shape index (κ3) is 673. The van der Waals surface area contributed by atoms with Gasteiger partial charge in [-0.2, -0.15) is 0 Å². The second-order valence-corrected chi connectivity index (χ2v) is 0.579. The van der Waals surface area contributed by atoms with Crippen LogP contribution in [-0.2, 0) is 77.9 Å². The summed E-state index contributed by atoms with van der Waals surface area (Å²) in [4.78, 5) is 4.72. The van der Waals surface area contributed by atoms with E-state index in [0.717, 1.165) is 0 Å². The molecule has 0 unspecified atom stereocenters. The molecule has 0 amide bonds. The van der Waals surface area contributed by atoms with Crippen LogP contribution in [0.5, 0.6) is 0 Å². The molecule has 0 atom stereocenters. The Labute approximate surface area is 177 Å². The van der Waals surface area contributed by atoms with E-state index < -0.39 is 0 Å². The van der Waals surface area contributed by atoms with E-state index in [1.54, 1.807) is 0 Å². The SMILES string of the molecule is CN.CN.CN=[N+]=[N-].CN=[N+]=[N-].[CH3-].[CH3-].[CH3-].[CH3-].[Ru+3].[Ru+3].[Ru+3].[Ru+3]. The molecule has 0 fully saturated rings. The van der Waals surface area contributed by atoms with Gasteiger partial charge in [-0.15, -0.1) is 0 Å². The Morgan fingerprint density at radius 2 is 0.650 bits per heavy atom. The average molecular weight is 641 g/mol. The van der Waals surface area contributed by atoms with E-state index in [1.807, 2.05) is 0 Å². The van der Waals surface area contributed by atoms with E-state index in [0.29, 0.717) is 0 Å². The van der Waals surface area contributed by atoms with Gasteiger partial charge in [-0.05, 0) is 25.2 Å². The van der Waals surface area contributed by atoms with E-state index >= 15 is 0 Å². The number of azide groups is 2. The third-order valence-corrected chi connectivity index (χ3v) is 0.179. The minimum Gasteiger partial charge on any atom is -0.358 e. The summed E-state index contributed by atoms with van der Waals surface area (Å²) in [7, 11) is 5.78. The molecule has 0 bridgehead atoms. The number of rotatable bonds is 0. The fourth-order valence-corrected chi connectivity index (χ4v) is 0. The molecule has 0 heterocycles. The van der Waals surface area contributed by atoms with Gasteiger partial charge in [0.25, 0.3) is 0 Å². The Balaban J connectivity index is -0.00000000389. The maximum atomic E-state index is 7.33. The summed E-state index contributed by atoms with van der Waals surface area (Å²) in [5, 5.41) is 5.83. The van der Waals surface area contributed by atoms with Gasteiger partial charge in [0.1, 0.15) is 0 Å². The first-order chi connectivity index (χ1) is 5.83. The van der Waals surface area contributed by atoms with Gasteiger partial charge in [-0.25, -0.2) is 0 Å². The molecule has 0 aliphatic rings. The Morgan fingerprint density at radius 3 is 0.650 bits per heavy atom. The quantitative estimate of drug-likeness (QED) is 0.138. The fourth-order valence-electron chi connectivity index (χ4n) is 0. The van der Waals surface area contributed by atoms with Crippen molar-refractivity contribution in [3.63, 3.8) is 0 Å². The second kappa shape index (κ2) is 286. The molecule has 0 rings (SSSR count). The molecule has 12 heteroatoms. The first-order valence-corrected chi connectivity index (χ1v) is 2.85. The molecule has 0 saturated carbocycles. The standard InChI is InChI=1S/2CH3N3.2CH5N.4CH3.4Ru/c2*1-3-4-2;2*1-2;;;;;;;;/h2*1H3;2*2H2,1H3;4*1H3;;;;/q;;;;4*-1;4*+3. The van der Waals surface area contributed by atoms with Crippen LogP contribution in [0.25, 0.3) is 20.9 Å². The van der Waals surface area contributed by atoms with Gasteiger partial charge in [0, 0.05) is 23.9 Å². The van der Waals surface area contributed by atoms with Crippen molar-refractivity contribution in [3.8, 4) is 0 Å². The van der Waals surface area contributed by atoms with Crippen LogP contribution in [0.15, 0.2) is 10.2 Å². The molecule has 0 spiro atoms. The van der Waals surface area contributed by atoms with Gasteiger partial charge in [0.2, 0.25) is 0 Å². The number of hydrogen-bond acceptors (Lipinski definition) is 4. The molecule has 4 radical (unpaired) electrons. The van der Waals surface area contributed by atoms with Gasteiger partial charge in [-0.3, -0.25) is 0 Å². The summed E-state index contributed by atoms with van der Waals surface area (Å²) >= 11 is 0. The number of nitrogens with zero attached hydrogens (tertiary/aromatic N) is 6. The Bertz CT molecular complexity index is 122. The average Bonchev–Trinajstić information content (AvgIpc) is 2.23. The third-order valence-electron chi connectivity index (χ3n) is 0.179. The van der Waals surface area contributed by atoms with Crippen molar-refractivity contribution >= 4 is 0 Å². The predicted octanol–water partition coefficient (Wildman–Crippen LogP) is 2.79. The zero-order valence-corrected chi connectivity index (χ0v) is 20.2. The molecule has 0 aliphatic heterocycles. The number of nitrogens with two attached hydrogens (primary N) is 2. The zero-order valence-electron chi connectivity index (χ0n) is 13.3. The van der Waals surface area contributed by atoms with E-state index in [2.05, 4.69) is 31.5 Å². The molecule has 124 valence electrons. The van der Waals surface area contributed by atoms with Crippen molar-refractivity contribution < 1.29 is 77.9 Å². The Kier molecular flexibility index (Phi) is 1480. The van der Waals surface area contributed by atoms with Crippen molar-refractivity contribution in [1.29, 1.82) is 0 Å². The van der Waals surface area contributed by atoms with Crippen LogP contribution in [0.3, 0.4) is 0 Å². The zero-order chi connectivity index (χ0) is 10.8. The second-order valence-electron chi connectivity index (χ2n) is 0.579. The summed E-state index contributed by atoms with van der Waals surface area (Å²) in [5.74, 6) is 0. The summed E-state index contributed by atoms with van der Waals surface area (Å²) < 4.78 is 0. The molecule has 0 aromatic rings. The summed E-state index contributed by atoms with van der Waals surface area (Å²) in [6.45, 7) is 0. The van der Waals surface area contributed by atoms with Crippen LogP contribution < -0.4 is 11.5 Å². The van der Waals surface area contributed by atoms with Crippen molar-refractivity contribution in [2.24, 2.45) is 21.7 Å². The van der Waals surface area contributed by atoms with Crippen LogP contribution in [0.1, 0.15) is 0 Å². The largest absolute Gasteiger partial charge is 3.00 e. The smallest absolute Gasteiger partial charge is 0.358 e. The maximum Gasteiger partial charge on any atom is 3.00 e. The molecular formula is C8H28N8Ru4+8. The van der Waals surface area contributed by atoms with Crippen molar-refractivity contribution in [3.05, 3.63) is 50.6 Å². The van der Waals surface area contributed by atoms with Gasteiger partial charge < -0.3 is 41.2 Å². The van der Waals surface area contributed by atoms with Crippen molar-refractivity contribution in [2.75, 3.05) is 28.2 Å². The van der Waals surface area contributed by atoms with Crippen LogP contribution >= 0.6 is 0 Å². The number of hydrogen-bond donors (Lipinski definition) is 2. The minimum absolute atomic E-state index is 0. The molecule has 0 aromatic carbocycles. The van der Waals surface area contributed by atoms with Gasteiger partial charge in [0.15, 0.2) is 0 Å². The van der Waals surface area contributed by atoms with Gasteiger partial charge in [0.05, 0.1) is 0 Å². The summed E-state index contributed by atoms with van der Waals surface area (Å²) in [6, 6.07) is 0. The minimum atomic E-state index is 0. The molecule has 0 aliphatic carbocycles. The first-order valence-electron chi connectivity index (χ1n) is 2.85. The van der Waals surface area contributed by atoms with Crippen LogP contribution in [-0.4, -0.2) is 28.2 Å². The molecule has 20 heavy (non-hydrogen) atoms. The van der Waals surface area contributed by atoms with Gasteiger partial charge >= 0.3 is 77.9 Å². The topological polar surface area (TPSA) is 150 Å². The monoisotopic (exact) mass is 644 g/mol. The summed E-state index contributed by atoms with van der Waals surface area (Å²) in [6.07, 6.45) is 0. The fraction of sp³-hybridized carbons (Fsp3) is 0.500. The molecule has 0 aromatic heterocycles. The molecule has 4 N–H and O–H groups in total. The molecule has 0 saturated heterocycles. The predicted molar refractivity (Wildman–Crippen MR) is 76.0 cm³/mol. The maximum absolute atomic E-state index is 7.33. The normalized spacial score (nSPS) is 2.30. The van der Waals surface area contributed by atoms with E-state index in [9.17, 15) is 0 Å². The first kappa shape index (κ1) is 103. The van der Waals surface area contributed by atoms with E-state index in [1.165, 1.54) is 28.2 Å². The van der Waals surface area contributed by atoms with E-state index in [-0.39, 0.29) is 108 Å². The van der Waals surface area contributed by atoms with Crippen molar-refractivity contribution in [1.82, 2.24) is 0 Å². The van der Waals surface area contributed by atoms with Crippen LogP contribution in [0, 0.1) is 29.7 Å². The van der Waals surface area contributed by atoms with E-state index in [4.69, 9.17) is 11.1 Å².